The van der Waals surface area contributed by atoms with Crippen molar-refractivity contribution in [2.45, 2.75) is 19.8 Å². The molecule has 1 aromatic carbocycles. The van der Waals surface area contributed by atoms with Crippen LogP contribution in [0.4, 0.5) is 4.39 Å². The van der Waals surface area contributed by atoms with E-state index in [1.807, 2.05) is 6.07 Å². The summed E-state index contributed by atoms with van der Waals surface area (Å²) in [6, 6.07) is 5.30. The summed E-state index contributed by atoms with van der Waals surface area (Å²) in [5.41, 5.74) is 2.45. The molecule has 0 spiro atoms. The van der Waals surface area contributed by atoms with E-state index in [0.29, 0.717) is 11.6 Å². The molecule has 0 radical (unpaired) electrons. The highest BCUT2D eigenvalue weighted by Crippen LogP contribution is 2.23. The first-order chi connectivity index (χ1) is 9.28. The van der Waals surface area contributed by atoms with E-state index in [9.17, 15) is 4.39 Å². The van der Waals surface area contributed by atoms with Crippen molar-refractivity contribution in [3.8, 4) is 5.69 Å². The summed E-state index contributed by atoms with van der Waals surface area (Å²) in [6.45, 7) is 3.04. The zero-order chi connectivity index (χ0) is 13.2. The molecule has 4 heteroatoms. The van der Waals surface area contributed by atoms with E-state index in [0.717, 1.165) is 30.7 Å². The van der Waals surface area contributed by atoms with Gasteiger partial charge in [-0.1, -0.05) is 19.4 Å². The van der Waals surface area contributed by atoms with Gasteiger partial charge in [-0.3, -0.25) is 4.99 Å². The van der Waals surface area contributed by atoms with Crippen LogP contribution in [0, 0.1) is 11.7 Å². The number of imidazole rings is 1. The van der Waals surface area contributed by atoms with Crippen molar-refractivity contribution < 1.29 is 4.39 Å². The second kappa shape index (κ2) is 4.96. The van der Waals surface area contributed by atoms with E-state index >= 15 is 0 Å². The van der Waals surface area contributed by atoms with Gasteiger partial charge in [0.05, 0.1) is 12.0 Å². The molecule has 0 saturated carbocycles. The van der Waals surface area contributed by atoms with Gasteiger partial charge in [0.15, 0.2) is 0 Å². The van der Waals surface area contributed by atoms with Crippen LogP contribution in [0.5, 0.6) is 0 Å². The number of nitrogens with zero attached hydrogens (tertiary/aromatic N) is 3. The summed E-state index contributed by atoms with van der Waals surface area (Å²) < 4.78 is 15.8. The van der Waals surface area contributed by atoms with Gasteiger partial charge in [-0.2, -0.15) is 0 Å². The summed E-state index contributed by atoms with van der Waals surface area (Å²) in [7, 11) is 0. The molecule has 3 rings (SSSR count). The van der Waals surface area contributed by atoms with Crippen molar-refractivity contribution in [2.75, 3.05) is 6.54 Å². The quantitative estimate of drug-likeness (QED) is 0.830. The second-order valence-corrected chi connectivity index (χ2v) is 4.90. The van der Waals surface area contributed by atoms with E-state index in [2.05, 4.69) is 16.9 Å². The minimum atomic E-state index is -0.238. The topological polar surface area (TPSA) is 30.2 Å². The Morgan fingerprint density at radius 2 is 2.32 bits per heavy atom. The lowest BCUT2D eigenvalue weighted by Crippen LogP contribution is -2.04. The van der Waals surface area contributed by atoms with E-state index < -0.39 is 0 Å². The molecule has 0 N–H and O–H groups in total. The molecule has 0 fully saturated rings. The van der Waals surface area contributed by atoms with E-state index in [1.165, 1.54) is 0 Å². The molecule has 0 bridgehead atoms. The first-order valence-electron chi connectivity index (χ1n) is 6.59. The third-order valence-electron chi connectivity index (χ3n) is 3.66. The molecule has 1 aliphatic heterocycles. The lowest BCUT2D eigenvalue weighted by atomic mass is 9.99. The highest BCUT2D eigenvalue weighted by atomic mass is 19.1. The average Bonchev–Trinajstić information content (AvgIpc) is 3.10. The van der Waals surface area contributed by atoms with Gasteiger partial charge in [-0.25, -0.2) is 9.37 Å². The number of aromatic nitrogens is 2. The van der Waals surface area contributed by atoms with Gasteiger partial charge in [0.1, 0.15) is 5.82 Å². The van der Waals surface area contributed by atoms with Crippen molar-refractivity contribution in [1.82, 2.24) is 9.55 Å². The summed E-state index contributed by atoms with van der Waals surface area (Å²) in [4.78, 5) is 8.46. The van der Waals surface area contributed by atoms with Crippen LogP contribution >= 0.6 is 0 Å². The van der Waals surface area contributed by atoms with Gasteiger partial charge in [0.25, 0.3) is 0 Å². The van der Waals surface area contributed by atoms with Crippen molar-refractivity contribution >= 4 is 5.71 Å². The molecule has 1 atom stereocenters. The maximum absolute atomic E-state index is 14.1. The molecule has 2 aromatic rings. The highest BCUT2D eigenvalue weighted by molar-refractivity contribution is 6.01. The molecule has 98 valence electrons. The predicted octanol–water partition coefficient (Wildman–Crippen LogP) is 3.23. The lowest BCUT2D eigenvalue weighted by molar-refractivity contribution is 0.573. The monoisotopic (exact) mass is 257 g/mol. The molecular formula is C15H16FN3. The molecule has 0 saturated heterocycles. The van der Waals surface area contributed by atoms with Crippen LogP contribution < -0.4 is 0 Å². The number of halogens is 1. The largest absolute Gasteiger partial charge is 0.303 e. The number of aliphatic imine (C=N–C) groups is 1. The molecule has 0 amide bonds. The number of hydrogen-bond acceptors (Lipinski definition) is 2. The van der Waals surface area contributed by atoms with E-state index in [1.54, 1.807) is 35.4 Å². The van der Waals surface area contributed by atoms with Crippen LogP contribution in [-0.2, 0) is 0 Å². The van der Waals surface area contributed by atoms with Gasteiger partial charge in [0.2, 0.25) is 0 Å². The first-order valence-corrected chi connectivity index (χ1v) is 6.59. The maximum atomic E-state index is 14.1. The first kappa shape index (κ1) is 12.1. The van der Waals surface area contributed by atoms with Crippen molar-refractivity contribution in [3.63, 3.8) is 0 Å². The standard InChI is InChI=1S/C15H16FN3/c1-2-11-7-14(18-9-11)12-3-4-15(13(16)8-12)19-6-5-17-10-19/h3-6,8,10-11H,2,7,9H2,1H3. The number of rotatable bonds is 3. The second-order valence-electron chi connectivity index (χ2n) is 4.90. The Labute approximate surface area is 111 Å². The summed E-state index contributed by atoms with van der Waals surface area (Å²) in [5, 5.41) is 0. The van der Waals surface area contributed by atoms with E-state index in [4.69, 9.17) is 0 Å². The molecule has 1 aliphatic rings. The number of benzene rings is 1. The Bertz CT molecular complexity index is 602. The van der Waals surface area contributed by atoms with Crippen LogP contribution in [0.15, 0.2) is 41.9 Å². The van der Waals surface area contributed by atoms with Crippen LogP contribution in [0.1, 0.15) is 25.3 Å². The van der Waals surface area contributed by atoms with Crippen LogP contribution in [0.2, 0.25) is 0 Å². The number of hydrogen-bond donors (Lipinski definition) is 0. The van der Waals surface area contributed by atoms with Crippen molar-refractivity contribution in [3.05, 3.63) is 48.3 Å². The van der Waals surface area contributed by atoms with Crippen LogP contribution in [-0.4, -0.2) is 21.8 Å². The minimum absolute atomic E-state index is 0.238. The summed E-state index contributed by atoms with van der Waals surface area (Å²) in [6.07, 6.45) is 7.06. The van der Waals surface area contributed by atoms with Gasteiger partial charge in [-0.15, -0.1) is 0 Å². The normalized spacial score (nSPS) is 18.6. The fourth-order valence-corrected chi connectivity index (χ4v) is 2.42. The lowest BCUT2D eigenvalue weighted by Gasteiger charge is -2.08. The summed E-state index contributed by atoms with van der Waals surface area (Å²) >= 11 is 0. The fraction of sp³-hybridized carbons (Fsp3) is 0.333. The maximum Gasteiger partial charge on any atom is 0.147 e. The molecule has 1 unspecified atom stereocenters. The van der Waals surface area contributed by atoms with Gasteiger partial charge in [-0.05, 0) is 30.0 Å². The van der Waals surface area contributed by atoms with Crippen LogP contribution in [0.25, 0.3) is 5.69 Å². The molecule has 0 aliphatic carbocycles. The molecule has 1 aromatic heterocycles. The Morgan fingerprint density at radius 3 is 2.95 bits per heavy atom. The predicted molar refractivity (Wildman–Crippen MR) is 73.3 cm³/mol. The third kappa shape index (κ3) is 2.30. The third-order valence-corrected chi connectivity index (χ3v) is 3.66. The molecular weight excluding hydrogens is 241 g/mol. The van der Waals surface area contributed by atoms with Gasteiger partial charge < -0.3 is 4.57 Å². The molecule has 19 heavy (non-hydrogen) atoms. The summed E-state index contributed by atoms with van der Waals surface area (Å²) in [5.74, 6) is 0.379. The zero-order valence-electron chi connectivity index (χ0n) is 10.9. The zero-order valence-corrected chi connectivity index (χ0v) is 10.9. The molecule has 2 heterocycles. The molecule has 3 nitrogen and oxygen atoms in total. The average molecular weight is 257 g/mol. The highest BCUT2D eigenvalue weighted by Gasteiger charge is 2.19. The fourth-order valence-electron chi connectivity index (χ4n) is 2.42. The van der Waals surface area contributed by atoms with Crippen molar-refractivity contribution in [1.29, 1.82) is 0 Å². The van der Waals surface area contributed by atoms with Crippen LogP contribution in [0.3, 0.4) is 0 Å². The Morgan fingerprint density at radius 1 is 1.42 bits per heavy atom. The van der Waals surface area contributed by atoms with Crippen molar-refractivity contribution in [2.24, 2.45) is 10.9 Å². The smallest absolute Gasteiger partial charge is 0.147 e. The minimum Gasteiger partial charge on any atom is -0.303 e. The van der Waals surface area contributed by atoms with Gasteiger partial charge >= 0.3 is 0 Å². The Kier molecular flexibility index (Phi) is 3.15. The Hall–Kier alpha value is -1.97. The SMILES string of the molecule is CCC1CN=C(c2ccc(-n3ccnc3)c(F)c2)C1. The van der Waals surface area contributed by atoms with Gasteiger partial charge in [0, 0.05) is 24.7 Å². The Balaban J connectivity index is 1.88. The van der Waals surface area contributed by atoms with E-state index in [-0.39, 0.29) is 5.82 Å².